The molecule has 4 nitrogen and oxygen atoms in total. The molecule has 0 aromatic heterocycles. The lowest BCUT2D eigenvalue weighted by molar-refractivity contribution is -0.144. The average molecular weight is 293 g/mol. The van der Waals surface area contributed by atoms with Gasteiger partial charge in [-0.25, -0.2) is 4.79 Å². The molecule has 0 aromatic rings. The third-order valence-corrected chi connectivity index (χ3v) is 4.03. The molecule has 0 radical (unpaired) electrons. The van der Waals surface area contributed by atoms with E-state index in [1.54, 1.807) is 6.92 Å². The third-order valence-electron chi connectivity index (χ3n) is 4.03. The predicted octanol–water partition coefficient (Wildman–Crippen LogP) is 2.99. The Kier molecular flexibility index (Phi) is 6.19. The zero-order valence-electron chi connectivity index (χ0n) is 13.7. The van der Waals surface area contributed by atoms with Gasteiger partial charge in [0.25, 0.3) is 0 Å². The molecule has 0 spiro atoms. The Balaban J connectivity index is 2.49. The fourth-order valence-electron chi connectivity index (χ4n) is 2.47. The van der Waals surface area contributed by atoms with Crippen LogP contribution in [-0.2, 0) is 14.3 Å². The largest absolute Gasteiger partial charge is 0.467 e. The molecule has 1 amide bonds. The first-order chi connectivity index (χ1) is 9.74. The van der Waals surface area contributed by atoms with Crippen molar-refractivity contribution in [3.05, 3.63) is 23.8 Å². The topological polar surface area (TPSA) is 55.4 Å². The Labute approximate surface area is 127 Å². The van der Waals surface area contributed by atoms with Gasteiger partial charge in [0.05, 0.1) is 7.11 Å². The Bertz CT molecular complexity index is 443. The molecule has 4 heteroatoms. The maximum atomic E-state index is 11.7. The van der Waals surface area contributed by atoms with Crippen molar-refractivity contribution in [1.82, 2.24) is 5.32 Å². The molecule has 0 saturated heterocycles. The number of amides is 1. The molecule has 21 heavy (non-hydrogen) atoms. The summed E-state index contributed by atoms with van der Waals surface area (Å²) in [5, 5.41) is 2.58. The van der Waals surface area contributed by atoms with Crippen molar-refractivity contribution >= 4 is 11.9 Å². The van der Waals surface area contributed by atoms with Gasteiger partial charge in [0.15, 0.2) is 0 Å². The molecular weight excluding hydrogens is 266 g/mol. The van der Waals surface area contributed by atoms with Crippen LogP contribution in [0.15, 0.2) is 23.8 Å². The standard InChI is InChI=1S/C17H27NO3/c1-12(16(20)21-5)18-15(19)11-8-13-6-9-14(10-7-13)17(2,3)4/h6,8,11-12,14H,7,9-10H2,1-5H3,(H,18,19)/b11-8+. The van der Waals surface area contributed by atoms with Crippen molar-refractivity contribution in [2.75, 3.05) is 7.11 Å². The maximum Gasteiger partial charge on any atom is 0.328 e. The van der Waals surface area contributed by atoms with E-state index in [9.17, 15) is 9.59 Å². The molecule has 0 aromatic carbocycles. The summed E-state index contributed by atoms with van der Waals surface area (Å²) in [6, 6.07) is -0.627. The van der Waals surface area contributed by atoms with Gasteiger partial charge >= 0.3 is 5.97 Å². The number of carbonyl (C=O) groups excluding carboxylic acids is 2. The average Bonchev–Trinajstić information content (AvgIpc) is 2.43. The second-order valence-corrected chi connectivity index (χ2v) is 6.70. The first-order valence-electron chi connectivity index (χ1n) is 7.49. The van der Waals surface area contributed by atoms with E-state index in [0.717, 1.165) is 19.3 Å². The Morgan fingerprint density at radius 3 is 2.57 bits per heavy atom. The van der Waals surface area contributed by atoms with Crippen LogP contribution in [0.4, 0.5) is 0 Å². The number of rotatable bonds is 4. The fraction of sp³-hybridized carbons (Fsp3) is 0.647. The van der Waals surface area contributed by atoms with E-state index < -0.39 is 12.0 Å². The highest BCUT2D eigenvalue weighted by Crippen LogP contribution is 2.37. The minimum Gasteiger partial charge on any atom is -0.467 e. The summed E-state index contributed by atoms with van der Waals surface area (Å²) in [6.07, 6.45) is 8.76. The minimum absolute atomic E-state index is 0.272. The number of hydrogen-bond acceptors (Lipinski definition) is 3. The predicted molar refractivity (Wildman–Crippen MR) is 83.6 cm³/mol. The van der Waals surface area contributed by atoms with Crippen molar-refractivity contribution in [3.8, 4) is 0 Å². The van der Waals surface area contributed by atoms with Crippen LogP contribution in [0.3, 0.4) is 0 Å². The molecule has 2 atom stereocenters. The smallest absolute Gasteiger partial charge is 0.328 e. The molecule has 0 saturated carbocycles. The number of methoxy groups -OCH3 is 1. The lowest BCUT2D eigenvalue weighted by Gasteiger charge is -2.32. The normalized spacial score (nSPS) is 20.8. The zero-order chi connectivity index (χ0) is 16.0. The quantitative estimate of drug-likeness (QED) is 0.640. The summed E-state index contributed by atoms with van der Waals surface area (Å²) < 4.78 is 4.56. The van der Waals surface area contributed by atoms with Gasteiger partial charge in [0.1, 0.15) is 6.04 Å². The van der Waals surface area contributed by atoms with Crippen LogP contribution < -0.4 is 5.32 Å². The van der Waals surface area contributed by atoms with Crippen molar-refractivity contribution in [2.45, 2.75) is 53.0 Å². The van der Waals surface area contributed by atoms with Crippen LogP contribution in [0.5, 0.6) is 0 Å². The molecule has 0 bridgehead atoms. The van der Waals surface area contributed by atoms with Crippen LogP contribution in [0.2, 0.25) is 0 Å². The highest BCUT2D eigenvalue weighted by molar-refractivity contribution is 5.91. The van der Waals surface area contributed by atoms with E-state index in [1.165, 1.54) is 18.8 Å². The number of allylic oxidation sites excluding steroid dienone is 3. The van der Waals surface area contributed by atoms with E-state index in [1.807, 2.05) is 6.08 Å². The molecular formula is C17H27NO3. The summed E-state index contributed by atoms with van der Waals surface area (Å²) in [6.45, 7) is 8.42. The second kappa shape index (κ2) is 7.43. The molecule has 1 N–H and O–H groups in total. The first-order valence-corrected chi connectivity index (χ1v) is 7.49. The summed E-state index contributed by atoms with van der Waals surface area (Å²) in [5.41, 5.74) is 1.52. The molecule has 1 aliphatic rings. The van der Waals surface area contributed by atoms with E-state index >= 15 is 0 Å². The lowest BCUT2D eigenvalue weighted by Crippen LogP contribution is -2.38. The number of nitrogens with one attached hydrogen (secondary N) is 1. The van der Waals surface area contributed by atoms with Gasteiger partial charge in [-0.15, -0.1) is 0 Å². The van der Waals surface area contributed by atoms with Gasteiger partial charge in [-0.3, -0.25) is 4.79 Å². The highest BCUT2D eigenvalue weighted by Gasteiger charge is 2.25. The van der Waals surface area contributed by atoms with Crippen molar-refractivity contribution in [2.24, 2.45) is 11.3 Å². The number of hydrogen-bond donors (Lipinski definition) is 1. The van der Waals surface area contributed by atoms with E-state index in [0.29, 0.717) is 11.3 Å². The fourth-order valence-corrected chi connectivity index (χ4v) is 2.47. The van der Waals surface area contributed by atoms with Gasteiger partial charge in [0.2, 0.25) is 5.91 Å². The van der Waals surface area contributed by atoms with Gasteiger partial charge in [-0.05, 0) is 37.5 Å². The lowest BCUT2D eigenvalue weighted by atomic mass is 9.73. The first kappa shape index (κ1) is 17.5. The van der Waals surface area contributed by atoms with Crippen LogP contribution in [0, 0.1) is 11.3 Å². The molecule has 1 aliphatic carbocycles. The molecule has 0 fully saturated rings. The van der Waals surface area contributed by atoms with Crippen LogP contribution in [-0.4, -0.2) is 25.0 Å². The Morgan fingerprint density at radius 1 is 1.43 bits per heavy atom. The van der Waals surface area contributed by atoms with Gasteiger partial charge < -0.3 is 10.1 Å². The second-order valence-electron chi connectivity index (χ2n) is 6.70. The van der Waals surface area contributed by atoms with Crippen molar-refractivity contribution < 1.29 is 14.3 Å². The monoisotopic (exact) mass is 293 g/mol. The molecule has 0 heterocycles. The van der Waals surface area contributed by atoms with Gasteiger partial charge in [-0.2, -0.15) is 0 Å². The molecule has 1 rings (SSSR count). The van der Waals surface area contributed by atoms with Gasteiger partial charge in [0, 0.05) is 6.08 Å². The van der Waals surface area contributed by atoms with Crippen molar-refractivity contribution in [1.29, 1.82) is 0 Å². The maximum absolute atomic E-state index is 11.7. The van der Waals surface area contributed by atoms with E-state index in [2.05, 4.69) is 36.9 Å². The third kappa shape index (κ3) is 5.74. The minimum atomic E-state index is -0.627. The summed E-state index contributed by atoms with van der Waals surface area (Å²) >= 11 is 0. The summed E-state index contributed by atoms with van der Waals surface area (Å²) in [5.74, 6) is -0.0174. The number of carbonyl (C=O) groups is 2. The summed E-state index contributed by atoms with van der Waals surface area (Å²) in [7, 11) is 1.30. The van der Waals surface area contributed by atoms with E-state index in [-0.39, 0.29) is 5.91 Å². The summed E-state index contributed by atoms with van der Waals surface area (Å²) in [4.78, 5) is 22.9. The Hall–Kier alpha value is -1.58. The molecule has 118 valence electrons. The van der Waals surface area contributed by atoms with Crippen LogP contribution in [0.25, 0.3) is 0 Å². The van der Waals surface area contributed by atoms with Gasteiger partial charge in [-0.1, -0.05) is 38.5 Å². The number of ether oxygens (including phenoxy) is 1. The molecule has 2 unspecified atom stereocenters. The Morgan fingerprint density at radius 2 is 2.10 bits per heavy atom. The van der Waals surface area contributed by atoms with Crippen LogP contribution >= 0.6 is 0 Å². The van der Waals surface area contributed by atoms with Crippen LogP contribution in [0.1, 0.15) is 47.0 Å². The van der Waals surface area contributed by atoms with Crippen molar-refractivity contribution in [3.63, 3.8) is 0 Å². The SMILES string of the molecule is COC(=O)C(C)NC(=O)/C=C/C1=CCC(C(C)(C)C)CC1. The molecule has 0 aliphatic heterocycles. The zero-order valence-corrected chi connectivity index (χ0v) is 13.7. The highest BCUT2D eigenvalue weighted by atomic mass is 16.5. The van der Waals surface area contributed by atoms with E-state index in [4.69, 9.17) is 0 Å². The number of esters is 1.